The molecule has 0 unspecified atom stereocenters. The second-order valence-corrected chi connectivity index (χ2v) is 16.9. The smallest absolute Gasteiger partial charge is 0.465 e. The first-order valence-corrected chi connectivity index (χ1v) is 17.1. The third-order valence-corrected chi connectivity index (χ3v) is 8.73. The number of benzene rings is 3. The summed E-state index contributed by atoms with van der Waals surface area (Å²) in [6.45, 7) is 24.2. The average molecular weight is 679 g/mol. The molecule has 0 aliphatic rings. The molecule has 0 fully saturated rings. The third kappa shape index (κ3) is 9.16. The zero-order chi connectivity index (χ0) is 36.4. The third-order valence-electron chi connectivity index (χ3n) is 7.75. The minimum Gasteiger partial charge on any atom is -0.465 e. The van der Waals surface area contributed by atoms with Crippen molar-refractivity contribution in [2.75, 3.05) is 14.2 Å². The Bertz CT molecular complexity index is 1480. The predicted molar refractivity (Wildman–Crippen MR) is 190 cm³/mol. The van der Waals surface area contributed by atoms with Gasteiger partial charge in [0, 0.05) is 22.3 Å². The first kappa shape index (κ1) is 38.5. The molecular weight excluding hydrogens is 627 g/mol. The summed E-state index contributed by atoms with van der Waals surface area (Å²) < 4.78 is 29.9. The van der Waals surface area contributed by atoms with Gasteiger partial charge in [0.25, 0.3) is 0 Å². The lowest BCUT2D eigenvalue weighted by molar-refractivity contribution is 0.0591. The van der Waals surface area contributed by atoms with Crippen molar-refractivity contribution in [2.24, 2.45) is 0 Å². The van der Waals surface area contributed by atoms with E-state index in [0.29, 0.717) is 28.2 Å². The number of hydrogen-bond acceptors (Lipinski definition) is 8. The van der Waals surface area contributed by atoms with Crippen LogP contribution >= 0.6 is 8.60 Å². The van der Waals surface area contributed by atoms with Crippen molar-refractivity contribution in [3.8, 4) is 11.5 Å². The number of hydrogen-bond donors (Lipinski definition) is 0. The molecular formula is C39H51O8P. The largest absolute Gasteiger partial charge is 0.532 e. The molecule has 48 heavy (non-hydrogen) atoms. The Morgan fingerprint density at radius 1 is 0.479 bits per heavy atom. The van der Waals surface area contributed by atoms with E-state index in [2.05, 4.69) is 0 Å². The molecule has 0 spiro atoms. The van der Waals surface area contributed by atoms with Crippen molar-refractivity contribution in [1.82, 2.24) is 0 Å². The first-order chi connectivity index (χ1) is 22.0. The standard InChI is InChI=1S/C39H51O8P/c1-36(2,3)27-20-25(33(40)43-13)21-28(37(4,5)6)31(27)45-48(47-35(42)24-18-16-15-17-19-24)46-32-29(38(7,8)9)22-26(34(41)44-14)23-30(32)39(10,11)12/h15-23H,1-14H3. The van der Waals surface area contributed by atoms with E-state index in [1.54, 1.807) is 48.5 Å². The summed E-state index contributed by atoms with van der Waals surface area (Å²) in [6, 6.07) is 15.7. The van der Waals surface area contributed by atoms with Gasteiger partial charge in [-0.25, -0.2) is 14.4 Å². The maximum atomic E-state index is 13.6. The van der Waals surface area contributed by atoms with Crippen molar-refractivity contribution in [3.05, 3.63) is 93.5 Å². The molecule has 0 saturated heterocycles. The van der Waals surface area contributed by atoms with Gasteiger partial charge >= 0.3 is 26.5 Å². The fraction of sp³-hybridized carbons (Fsp3) is 0.462. The van der Waals surface area contributed by atoms with Crippen LogP contribution in [-0.2, 0) is 35.7 Å². The van der Waals surface area contributed by atoms with E-state index in [-0.39, 0.29) is 0 Å². The summed E-state index contributed by atoms with van der Waals surface area (Å²) in [5.74, 6) is -0.655. The minimum atomic E-state index is -2.47. The number of ether oxygens (including phenoxy) is 2. The van der Waals surface area contributed by atoms with Crippen LogP contribution in [0.25, 0.3) is 0 Å². The van der Waals surface area contributed by atoms with Gasteiger partial charge in [-0.1, -0.05) is 101 Å². The van der Waals surface area contributed by atoms with Crippen molar-refractivity contribution in [1.29, 1.82) is 0 Å². The second-order valence-electron chi connectivity index (χ2n) is 15.9. The minimum absolute atomic E-state index is 0.332. The first-order valence-electron chi connectivity index (χ1n) is 16.0. The molecule has 0 N–H and O–H groups in total. The van der Waals surface area contributed by atoms with Gasteiger partial charge < -0.3 is 23.0 Å². The van der Waals surface area contributed by atoms with E-state index in [9.17, 15) is 14.4 Å². The van der Waals surface area contributed by atoms with E-state index in [1.807, 2.05) is 89.2 Å². The number of rotatable bonds is 8. The van der Waals surface area contributed by atoms with Gasteiger partial charge in [-0.2, -0.15) is 0 Å². The van der Waals surface area contributed by atoms with Gasteiger partial charge in [0.2, 0.25) is 0 Å². The molecule has 0 radical (unpaired) electrons. The molecule has 0 aliphatic heterocycles. The molecule has 0 saturated carbocycles. The van der Waals surface area contributed by atoms with Crippen LogP contribution < -0.4 is 9.05 Å². The molecule has 0 aromatic heterocycles. The molecule has 0 aliphatic carbocycles. The molecule has 8 nitrogen and oxygen atoms in total. The van der Waals surface area contributed by atoms with E-state index < -0.39 is 48.2 Å². The van der Waals surface area contributed by atoms with Crippen LogP contribution in [0.5, 0.6) is 11.5 Å². The van der Waals surface area contributed by atoms with Gasteiger partial charge in [0.15, 0.2) is 0 Å². The summed E-state index contributed by atoms with van der Waals surface area (Å²) >= 11 is 0. The van der Waals surface area contributed by atoms with Crippen LogP contribution in [0, 0.1) is 0 Å². The quantitative estimate of drug-likeness (QED) is 0.172. The summed E-state index contributed by atoms with van der Waals surface area (Å²) in [5.41, 5.74) is 1.97. The Hall–Kier alpha value is -3.90. The summed E-state index contributed by atoms with van der Waals surface area (Å²) in [5, 5.41) is 0. The van der Waals surface area contributed by atoms with Crippen molar-refractivity contribution >= 4 is 26.5 Å². The fourth-order valence-electron chi connectivity index (χ4n) is 5.05. The highest BCUT2D eigenvalue weighted by molar-refractivity contribution is 7.43. The van der Waals surface area contributed by atoms with Gasteiger partial charge in [-0.05, 0) is 58.1 Å². The van der Waals surface area contributed by atoms with Crippen LogP contribution in [0.15, 0.2) is 54.6 Å². The topological polar surface area (TPSA) is 97.4 Å². The average Bonchev–Trinajstić information content (AvgIpc) is 2.98. The SMILES string of the molecule is COC(=O)c1cc(C(C)(C)C)c(OP(OC(=O)c2ccccc2)Oc2c(C(C)(C)C)cc(C(=O)OC)cc2C(C)(C)C)c(C(C)(C)C)c1. The Labute approximate surface area is 287 Å². The lowest BCUT2D eigenvalue weighted by Gasteiger charge is -2.33. The Morgan fingerprint density at radius 2 is 0.792 bits per heavy atom. The molecule has 3 aromatic carbocycles. The Morgan fingerprint density at radius 3 is 1.06 bits per heavy atom. The predicted octanol–water partition coefficient (Wildman–Crippen LogP) is 9.99. The Balaban J connectivity index is 2.38. The normalized spacial score (nSPS) is 12.4. The summed E-state index contributed by atoms with van der Waals surface area (Å²) in [7, 11) is 0.229. The zero-order valence-electron chi connectivity index (χ0n) is 30.9. The highest BCUT2D eigenvalue weighted by Crippen LogP contribution is 2.52. The van der Waals surface area contributed by atoms with Crippen LogP contribution in [0.4, 0.5) is 0 Å². The van der Waals surface area contributed by atoms with E-state index in [4.69, 9.17) is 23.0 Å². The number of methoxy groups -OCH3 is 2. The highest BCUT2D eigenvalue weighted by atomic mass is 31.2. The van der Waals surface area contributed by atoms with Gasteiger partial charge in [-0.15, -0.1) is 0 Å². The molecule has 0 heterocycles. The van der Waals surface area contributed by atoms with Crippen LogP contribution in [0.1, 0.15) is 136 Å². The lowest BCUT2D eigenvalue weighted by atomic mass is 9.78. The highest BCUT2D eigenvalue weighted by Gasteiger charge is 2.37. The van der Waals surface area contributed by atoms with E-state index in [0.717, 1.165) is 22.3 Å². The number of carbonyl (C=O) groups excluding carboxylic acids is 3. The van der Waals surface area contributed by atoms with Crippen LogP contribution in [0.2, 0.25) is 0 Å². The Kier molecular flexibility index (Phi) is 11.5. The molecule has 0 atom stereocenters. The van der Waals surface area contributed by atoms with Crippen molar-refractivity contribution in [2.45, 2.75) is 105 Å². The van der Waals surface area contributed by atoms with Gasteiger partial charge in [0.05, 0.1) is 30.9 Å². The maximum absolute atomic E-state index is 13.6. The molecule has 3 aromatic rings. The van der Waals surface area contributed by atoms with E-state index in [1.165, 1.54) is 14.2 Å². The number of esters is 2. The molecule has 260 valence electrons. The second kappa shape index (κ2) is 14.3. The van der Waals surface area contributed by atoms with Crippen LogP contribution in [0.3, 0.4) is 0 Å². The summed E-state index contributed by atoms with van der Waals surface area (Å²) in [6.07, 6.45) is 0. The molecule has 3 rings (SSSR count). The van der Waals surface area contributed by atoms with Crippen molar-refractivity contribution in [3.63, 3.8) is 0 Å². The fourth-order valence-corrected chi connectivity index (χ4v) is 6.10. The monoisotopic (exact) mass is 678 g/mol. The van der Waals surface area contributed by atoms with Crippen LogP contribution in [-0.4, -0.2) is 32.1 Å². The number of carbonyl (C=O) groups is 3. The van der Waals surface area contributed by atoms with Gasteiger partial charge in [0.1, 0.15) is 11.5 Å². The molecule has 0 bridgehead atoms. The molecule has 0 amide bonds. The molecule has 9 heteroatoms. The lowest BCUT2D eigenvalue weighted by Crippen LogP contribution is -2.23. The summed E-state index contributed by atoms with van der Waals surface area (Å²) in [4.78, 5) is 39.3. The maximum Gasteiger partial charge on any atom is 0.532 e. The van der Waals surface area contributed by atoms with Gasteiger partial charge in [-0.3, -0.25) is 0 Å². The van der Waals surface area contributed by atoms with Crippen molar-refractivity contribution < 1.29 is 37.4 Å². The zero-order valence-corrected chi connectivity index (χ0v) is 31.8. The van der Waals surface area contributed by atoms with E-state index >= 15 is 0 Å².